The molecule has 1 amide bonds. The molecule has 0 saturated carbocycles. The summed E-state index contributed by atoms with van der Waals surface area (Å²) >= 11 is 6.13. The normalized spacial score (nSPS) is 13.8. The Morgan fingerprint density at radius 2 is 1.88 bits per heavy atom. The average molecular weight is 359 g/mol. The maximum absolute atomic E-state index is 12.5. The third kappa shape index (κ3) is 4.67. The van der Waals surface area contributed by atoms with E-state index in [0.29, 0.717) is 18.1 Å². The first-order chi connectivity index (χ1) is 12.2. The van der Waals surface area contributed by atoms with Crippen molar-refractivity contribution in [1.82, 2.24) is 0 Å². The predicted molar refractivity (Wildman–Crippen MR) is 103 cm³/mol. The summed E-state index contributed by atoms with van der Waals surface area (Å²) in [6, 6.07) is 13.3. The Morgan fingerprint density at radius 1 is 1.16 bits per heavy atom. The SMILES string of the molecule is CCOc1ccc(CC(=O)Nc2cc(Cl)ccc2N2CCCC2)cc1. The number of carbonyl (C=O) groups excluding carboxylic acids is 1. The lowest BCUT2D eigenvalue weighted by atomic mass is 10.1. The van der Waals surface area contributed by atoms with Crippen LogP contribution in [0.25, 0.3) is 0 Å². The lowest BCUT2D eigenvalue weighted by Crippen LogP contribution is -2.21. The topological polar surface area (TPSA) is 41.6 Å². The minimum atomic E-state index is -0.0492. The molecule has 3 rings (SSSR count). The summed E-state index contributed by atoms with van der Waals surface area (Å²) in [6.45, 7) is 4.62. The van der Waals surface area contributed by atoms with Crippen molar-refractivity contribution < 1.29 is 9.53 Å². The number of anilines is 2. The second-order valence-electron chi connectivity index (χ2n) is 6.16. The fourth-order valence-corrected chi connectivity index (χ4v) is 3.26. The molecule has 2 aromatic carbocycles. The highest BCUT2D eigenvalue weighted by Gasteiger charge is 2.17. The summed E-state index contributed by atoms with van der Waals surface area (Å²) in [7, 11) is 0. The Bertz CT molecular complexity index is 725. The zero-order valence-corrected chi connectivity index (χ0v) is 15.2. The molecule has 4 nitrogen and oxygen atoms in total. The van der Waals surface area contributed by atoms with E-state index in [0.717, 1.165) is 35.8 Å². The van der Waals surface area contributed by atoms with Gasteiger partial charge in [0.05, 0.1) is 24.4 Å². The smallest absolute Gasteiger partial charge is 0.228 e. The fourth-order valence-electron chi connectivity index (χ4n) is 3.09. The largest absolute Gasteiger partial charge is 0.494 e. The van der Waals surface area contributed by atoms with Crippen LogP contribution < -0.4 is 15.0 Å². The first-order valence-corrected chi connectivity index (χ1v) is 9.09. The molecule has 5 heteroatoms. The van der Waals surface area contributed by atoms with Gasteiger partial charge in [0.1, 0.15) is 5.75 Å². The molecule has 1 aliphatic heterocycles. The molecule has 0 spiro atoms. The summed E-state index contributed by atoms with van der Waals surface area (Å²) < 4.78 is 5.43. The molecular weight excluding hydrogens is 336 g/mol. The third-order valence-corrected chi connectivity index (χ3v) is 4.51. The first-order valence-electron chi connectivity index (χ1n) is 8.72. The van der Waals surface area contributed by atoms with Gasteiger partial charge in [-0.1, -0.05) is 23.7 Å². The van der Waals surface area contributed by atoms with E-state index in [1.807, 2.05) is 49.4 Å². The summed E-state index contributed by atoms with van der Waals surface area (Å²) in [5.41, 5.74) is 2.78. The summed E-state index contributed by atoms with van der Waals surface area (Å²) in [4.78, 5) is 14.8. The van der Waals surface area contributed by atoms with Crippen molar-refractivity contribution >= 4 is 28.9 Å². The second kappa shape index (κ2) is 8.26. The highest BCUT2D eigenvalue weighted by molar-refractivity contribution is 6.31. The van der Waals surface area contributed by atoms with E-state index in [-0.39, 0.29) is 5.91 Å². The van der Waals surface area contributed by atoms with Gasteiger partial charge in [0.15, 0.2) is 0 Å². The van der Waals surface area contributed by atoms with Crippen LogP contribution in [0.5, 0.6) is 5.75 Å². The lowest BCUT2D eigenvalue weighted by molar-refractivity contribution is -0.115. The third-order valence-electron chi connectivity index (χ3n) is 4.28. The van der Waals surface area contributed by atoms with E-state index >= 15 is 0 Å². The summed E-state index contributed by atoms with van der Waals surface area (Å²) in [5, 5.41) is 3.64. The summed E-state index contributed by atoms with van der Waals surface area (Å²) in [6.07, 6.45) is 2.68. The van der Waals surface area contributed by atoms with Crippen molar-refractivity contribution in [2.45, 2.75) is 26.2 Å². The number of hydrogen-bond donors (Lipinski definition) is 1. The van der Waals surface area contributed by atoms with Gasteiger partial charge in [0.2, 0.25) is 5.91 Å². The van der Waals surface area contributed by atoms with Crippen LogP contribution in [-0.4, -0.2) is 25.6 Å². The molecule has 0 bridgehead atoms. The minimum Gasteiger partial charge on any atom is -0.494 e. The predicted octanol–water partition coefficient (Wildman–Crippen LogP) is 4.52. The Labute approximate surface area is 153 Å². The van der Waals surface area contributed by atoms with E-state index in [1.54, 1.807) is 0 Å². The Balaban J connectivity index is 1.68. The quantitative estimate of drug-likeness (QED) is 0.825. The molecule has 2 aromatic rings. The molecule has 132 valence electrons. The Hall–Kier alpha value is -2.20. The molecule has 0 unspecified atom stereocenters. The number of halogens is 1. The van der Waals surface area contributed by atoms with Crippen LogP contribution in [0.2, 0.25) is 5.02 Å². The van der Waals surface area contributed by atoms with Crippen LogP contribution in [0.15, 0.2) is 42.5 Å². The van der Waals surface area contributed by atoms with Gasteiger partial charge in [-0.05, 0) is 55.7 Å². The van der Waals surface area contributed by atoms with E-state index in [1.165, 1.54) is 12.8 Å². The molecule has 1 heterocycles. The number of benzene rings is 2. The van der Waals surface area contributed by atoms with Crippen molar-refractivity contribution in [3.63, 3.8) is 0 Å². The van der Waals surface area contributed by atoms with E-state index in [2.05, 4.69) is 10.2 Å². The number of ether oxygens (including phenoxy) is 1. The van der Waals surface area contributed by atoms with Crippen LogP contribution >= 0.6 is 11.6 Å². The number of nitrogens with zero attached hydrogens (tertiary/aromatic N) is 1. The maximum Gasteiger partial charge on any atom is 0.228 e. The number of rotatable bonds is 6. The summed E-state index contributed by atoms with van der Waals surface area (Å²) in [5.74, 6) is 0.768. The van der Waals surface area contributed by atoms with Gasteiger partial charge < -0.3 is 15.0 Å². The van der Waals surface area contributed by atoms with Gasteiger partial charge in [-0.2, -0.15) is 0 Å². The number of hydrogen-bond acceptors (Lipinski definition) is 3. The lowest BCUT2D eigenvalue weighted by Gasteiger charge is -2.22. The zero-order chi connectivity index (χ0) is 17.6. The number of nitrogens with one attached hydrogen (secondary N) is 1. The van der Waals surface area contributed by atoms with E-state index in [4.69, 9.17) is 16.3 Å². The van der Waals surface area contributed by atoms with Crippen LogP contribution in [0.4, 0.5) is 11.4 Å². The average Bonchev–Trinajstić information content (AvgIpc) is 3.11. The minimum absolute atomic E-state index is 0.0492. The van der Waals surface area contributed by atoms with Gasteiger partial charge in [-0.15, -0.1) is 0 Å². The highest BCUT2D eigenvalue weighted by Crippen LogP contribution is 2.31. The van der Waals surface area contributed by atoms with Gasteiger partial charge >= 0.3 is 0 Å². The van der Waals surface area contributed by atoms with Crippen molar-refractivity contribution in [2.24, 2.45) is 0 Å². The van der Waals surface area contributed by atoms with Gasteiger partial charge in [-0.3, -0.25) is 4.79 Å². The Morgan fingerprint density at radius 3 is 2.56 bits per heavy atom. The number of carbonyl (C=O) groups is 1. The zero-order valence-electron chi connectivity index (χ0n) is 14.4. The molecule has 0 atom stereocenters. The van der Waals surface area contributed by atoms with Crippen molar-refractivity contribution in [1.29, 1.82) is 0 Å². The molecular formula is C20H23ClN2O2. The van der Waals surface area contributed by atoms with Crippen LogP contribution in [0, 0.1) is 0 Å². The molecule has 0 radical (unpaired) electrons. The molecule has 0 aromatic heterocycles. The molecule has 1 aliphatic rings. The van der Waals surface area contributed by atoms with Crippen LogP contribution in [0.1, 0.15) is 25.3 Å². The highest BCUT2D eigenvalue weighted by atomic mass is 35.5. The second-order valence-corrected chi connectivity index (χ2v) is 6.59. The monoisotopic (exact) mass is 358 g/mol. The first kappa shape index (κ1) is 17.6. The number of amides is 1. The molecule has 1 saturated heterocycles. The van der Waals surface area contributed by atoms with E-state index in [9.17, 15) is 4.79 Å². The van der Waals surface area contributed by atoms with Crippen molar-refractivity contribution in [2.75, 3.05) is 29.9 Å². The molecule has 0 aliphatic carbocycles. The maximum atomic E-state index is 12.5. The van der Waals surface area contributed by atoms with Gasteiger partial charge in [-0.25, -0.2) is 0 Å². The van der Waals surface area contributed by atoms with Crippen LogP contribution in [-0.2, 0) is 11.2 Å². The van der Waals surface area contributed by atoms with Gasteiger partial charge in [0.25, 0.3) is 0 Å². The molecule has 25 heavy (non-hydrogen) atoms. The standard InChI is InChI=1S/C20H23ClN2O2/c1-2-25-17-8-5-15(6-9-17)13-20(24)22-18-14-16(21)7-10-19(18)23-11-3-4-12-23/h5-10,14H,2-4,11-13H2,1H3,(H,22,24). The molecule has 1 N–H and O–H groups in total. The Kier molecular flexibility index (Phi) is 5.82. The van der Waals surface area contributed by atoms with Gasteiger partial charge in [0, 0.05) is 18.1 Å². The van der Waals surface area contributed by atoms with E-state index < -0.39 is 0 Å². The van der Waals surface area contributed by atoms with Crippen molar-refractivity contribution in [3.8, 4) is 5.75 Å². The van der Waals surface area contributed by atoms with Crippen molar-refractivity contribution in [3.05, 3.63) is 53.1 Å². The fraction of sp³-hybridized carbons (Fsp3) is 0.350. The van der Waals surface area contributed by atoms with Crippen LogP contribution in [0.3, 0.4) is 0 Å². The molecule has 1 fully saturated rings.